The molecule has 0 aliphatic carbocycles. The molecule has 0 saturated carbocycles. The lowest BCUT2D eigenvalue weighted by Crippen LogP contribution is -2.22. The Labute approximate surface area is 111 Å². The zero-order valence-electron chi connectivity index (χ0n) is 11.1. The van der Waals surface area contributed by atoms with Gasteiger partial charge in [-0.3, -0.25) is 0 Å². The van der Waals surface area contributed by atoms with Crippen LogP contribution in [0.25, 0.3) is 11.5 Å². The molecule has 0 spiro atoms. The fourth-order valence-corrected chi connectivity index (χ4v) is 1.63. The molecule has 1 atom stereocenters. The molecule has 1 aromatic carbocycles. The van der Waals surface area contributed by atoms with Crippen molar-refractivity contribution in [1.29, 1.82) is 0 Å². The largest absolute Gasteiger partial charge is 0.441 e. The van der Waals surface area contributed by atoms with Crippen molar-refractivity contribution >= 4 is 5.69 Å². The SMILES string of the molecule is Cc1nc(-c2ccc(NCC(O)CO)cc2)oc1C. The molecule has 0 bridgehead atoms. The van der Waals surface area contributed by atoms with Crippen molar-refractivity contribution in [3.05, 3.63) is 35.7 Å². The van der Waals surface area contributed by atoms with E-state index in [0.717, 1.165) is 22.7 Å². The maximum Gasteiger partial charge on any atom is 0.226 e. The van der Waals surface area contributed by atoms with Crippen molar-refractivity contribution in [2.75, 3.05) is 18.5 Å². The fourth-order valence-electron chi connectivity index (χ4n) is 1.63. The predicted molar refractivity (Wildman–Crippen MR) is 73.0 cm³/mol. The molecule has 2 rings (SSSR count). The third-order valence-electron chi connectivity index (χ3n) is 2.91. The van der Waals surface area contributed by atoms with E-state index in [1.807, 2.05) is 38.1 Å². The Morgan fingerprint density at radius 3 is 2.47 bits per heavy atom. The maximum atomic E-state index is 9.25. The highest BCUT2D eigenvalue weighted by Crippen LogP contribution is 2.22. The highest BCUT2D eigenvalue weighted by atomic mass is 16.4. The van der Waals surface area contributed by atoms with Crippen molar-refractivity contribution in [1.82, 2.24) is 4.98 Å². The van der Waals surface area contributed by atoms with Gasteiger partial charge < -0.3 is 19.9 Å². The van der Waals surface area contributed by atoms with Crippen LogP contribution in [0, 0.1) is 13.8 Å². The van der Waals surface area contributed by atoms with Crippen molar-refractivity contribution in [2.45, 2.75) is 20.0 Å². The van der Waals surface area contributed by atoms with Crippen LogP contribution in [-0.2, 0) is 0 Å². The highest BCUT2D eigenvalue weighted by molar-refractivity contribution is 5.58. The Kier molecular flexibility index (Phi) is 4.19. The summed E-state index contributed by atoms with van der Waals surface area (Å²) in [6.07, 6.45) is -0.753. The van der Waals surface area contributed by atoms with Gasteiger partial charge in [0.2, 0.25) is 5.89 Å². The number of aryl methyl sites for hydroxylation is 2. The average molecular weight is 262 g/mol. The molecule has 0 saturated heterocycles. The topological polar surface area (TPSA) is 78.5 Å². The molecule has 1 heterocycles. The molecule has 0 aliphatic heterocycles. The number of nitrogens with zero attached hydrogens (tertiary/aromatic N) is 1. The molecule has 3 N–H and O–H groups in total. The lowest BCUT2D eigenvalue weighted by molar-refractivity contribution is 0.105. The van der Waals surface area contributed by atoms with E-state index in [2.05, 4.69) is 10.3 Å². The van der Waals surface area contributed by atoms with Gasteiger partial charge in [-0.15, -0.1) is 0 Å². The molecule has 5 nitrogen and oxygen atoms in total. The summed E-state index contributed by atoms with van der Waals surface area (Å²) in [6, 6.07) is 7.57. The predicted octanol–water partition coefficient (Wildman–Crippen LogP) is 1.72. The van der Waals surface area contributed by atoms with Gasteiger partial charge in [0, 0.05) is 17.8 Å². The fraction of sp³-hybridized carbons (Fsp3) is 0.357. The zero-order valence-corrected chi connectivity index (χ0v) is 11.1. The first-order valence-electron chi connectivity index (χ1n) is 6.17. The van der Waals surface area contributed by atoms with Crippen molar-refractivity contribution in [3.8, 4) is 11.5 Å². The van der Waals surface area contributed by atoms with Crippen LogP contribution in [0.2, 0.25) is 0 Å². The summed E-state index contributed by atoms with van der Waals surface area (Å²) < 4.78 is 5.55. The summed E-state index contributed by atoms with van der Waals surface area (Å²) in [5, 5.41) is 21.0. The van der Waals surface area contributed by atoms with Crippen LogP contribution < -0.4 is 5.32 Å². The monoisotopic (exact) mass is 262 g/mol. The Morgan fingerprint density at radius 2 is 1.95 bits per heavy atom. The molecule has 102 valence electrons. The molecule has 0 radical (unpaired) electrons. The van der Waals surface area contributed by atoms with Gasteiger partial charge in [0.15, 0.2) is 0 Å². The molecule has 0 amide bonds. The van der Waals surface area contributed by atoms with Gasteiger partial charge in [-0.25, -0.2) is 4.98 Å². The second-order valence-corrected chi connectivity index (χ2v) is 4.46. The van der Waals surface area contributed by atoms with E-state index in [0.29, 0.717) is 12.4 Å². The molecular weight excluding hydrogens is 244 g/mol. The summed E-state index contributed by atoms with van der Waals surface area (Å²) in [4.78, 5) is 4.34. The van der Waals surface area contributed by atoms with Crippen molar-refractivity contribution in [3.63, 3.8) is 0 Å². The summed E-state index contributed by atoms with van der Waals surface area (Å²) in [5.41, 5.74) is 2.67. The zero-order chi connectivity index (χ0) is 13.8. The van der Waals surface area contributed by atoms with Gasteiger partial charge in [0.25, 0.3) is 0 Å². The molecule has 2 aromatic rings. The first kappa shape index (κ1) is 13.6. The minimum absolute atomic E-state index is 0.250. The Morgan fingerprint density at radius 1 is 1.26 bits per heavy atom. The average Bonchev–Trinajstić information content (AvgIpc) is 2.76. The van der Waals surface area contributed by atoms with E-state index in [9.17, 15) is 5.11 Å². The normalized spacial score (nSPS) is 12.4. The minimum atomic E-state index is -0.753. The van der Waals surface area contributed by atoms with Gasteiger partial charge >= 0.3 is 0 Å². The molecule has 1 unspecified atom stereocenters. The molecule has 1 aromatic heterocycles. The molecular formula is C14H18N2O3. The Hall–Kier alpha value is -1.85. The van der Waals surface area contributed by atoms with Crippen LogP contribution in [0.3, 0.4) is 0 Å². The number of nitrogens with one attached hydrogen (secondary N) is 1. The summed E-state index contributed by atoms with van der Waals surface area (Å²) in [5.74, 6) is 1.43. The number of oxazole rings is 1. The highest BCUT2D eigenvalue weighted by Gasteiger charge is 2.08. The second-order valence-electron chi connectivity index (χ2n) is 4.46. The Balaban J connectivity index is 2.06. The summed E-state index contributed by atoms with van der Waals surface area (Å²) >= 11 is 0. The van der Waals surface area contributed by atoms with Gasteiger partial charge in [-0.2, -0.15) is 0 Å². The third-order valence-corrected chi connectivity index (χ3v) is 2.91. The molecule has 5 heteroatoms. The molecule has 19 heavy (non-hydrogen) atoms. The van der Waals surface area contributed by atoms with Crippen LogP contribution in [0.4, 0.5) is 5.69 Å². The van der Waals surface area contributed by atoms with Crippen LogP contribution in [-0.4, -0.2) is 34.5 Å². The minimum Gasteiger partial charge on any atom is -0.441 e. The van der Waals surface area contributed by atoms with Gasteiger partial charge in [0.1, 0.15) is 5.76 Å². The molecule has 0 fully saturated rings. The Bertz CT molecular complexity index is 515. The van der Waals surface area contributed by atoms with E-state index in [4.69, 9.17) is 9.52 Å². The lowest BCUT2D eigenvalue weighted by atomic mass is 10.2. The van der Waals surface area contributed by atoms with E-state index in [-0.39, 0.29) is 6.61 Å². The van der Waals surface area contributed by atoms with Gasteiger partial charge in [-0.1, -0.05) is 0 Å². The number of anilines is 1. The van der Waals surface area contributed by atoms with Gasteiger partial charge in [-0.05, 0) is 38.1 Å². The van der Waals surface area contributed by atoms with Crippen LogP contribution >= 0.6 is 0 Å². The number of hydrogen-bond donors (Lipinski definition) is 3. The van der Waals surface area contributed by atoms with Gasteiger partial charge in [0.05, 0.1) is 18.4 Å². The van der Waals surface area contributed by atoms with Crippen LogP contribution in [0.5, 0.6) is 0 Å². The first-order valence-corrected chi connectivity index (χ1v) is 6.17. The number of rotatable bonds is 5. The van der Waals surface area contributed by atoms with E-state index in [1.165, 1.54) is 0 Å². The maximum absolute atomic E-state index is 9.25. The lowest BCUT2D eigenvalue weighted by Gasteiger charge is -2.10. The van der Waals surface area contributed by atoms with E-state index < -0.39 is 6.10 Å². The van der Waals surface area contributed by atoms with E-state index in [1.54, 1.807) is 0 Å². The first-order chi connectivity index (χ1) is 9.10. The van der Waals surface area contributed by atoms with Crippen molar-refractivity contribution in [2.24, 2.45) is 0 Å². The number of aliphatic hydroxyl groups excluding tert-OH is 2. The van der Waals surface area contributed by atoms with Crippen LogP contribution in [0.15, 0.2) is 28.7 Å². The summed E-state index contributed by atoms with van der Waals surface area (Å²) in [6.45, 7) is 3.86. The third kappa shape index (κ3) is 3.33. The summed E-state index contributed by atoms with van der Waals surface area (Å²) in [7, 11) is 0. The standard InChI is InChI=1S/C14H18N2O3/c1-9-10(2)19-14(16-9)11-3-5-12(6-4-11)15-7-13(18)8-17/h3-6,13,15,17-18H,7-8H2,1-2H3. The quantitative estimate of drug-likeness (QED) is 0.764. The number of aromatic nitrogens is 1. The van der Waals surface area contributed by atoms with E-state index >= 15 is 0 Å². The smallest absolute Gasteiger partial charge is 0.226 e. The van der Waals surface area contributed by atoms with Crippen molar-refractivity contribution < 1.29 is 14.6 Å². The number of benzene rings is 1. The van der Waals surface area contributed by atoms with Crippen LogP contribution in [0.1, 0.15) is 11.5 Å². The number of aliphatic hydroxyl groups is 2. The second kappa shape index (κ2) is 5.86. The number of hydrogen-bond acceptors (Lipinski definition) is 5. The molecule has 0 aliphatic rings.